The summed E-state index contributed by atoms with van der Waals surface area (Å²) < 4.78 is 26.6. The van der Waals surface area contributed by atoms with E-state index in [0.717, 1.165) is 11.8 Å². The summed E-state index contributed by atoms with van der Waals surface area (Å²) in [7, 11) is -2.20. The number of carbonyl (C=O) groups is 1. The summed E-state index contributed by atoms with van der Waals surface area (Å²) in [6.45, 7) is 0. The van der Waals surface area contributed by atoms with E-state index in [1.807, 2.05) is 6.07 Å². The molecule has 0 bridgehead atoms. The van der Waals surface area contributed by atoms with Crippen LogP contribution >= 0.6 is 0 Å². The molecule has 1 unspecified atom stereocenters. The van der Waals surface area contributed by atoms with Crippen molar-refractivity contribution in [1.82, 2.24) is 4.98 Å². The lowest BCUT2D eigenvalue weighted by atomic mass is 10.1. The van der Waals surface area contributed by atoms with Crippen LogP contribution in [0.25, 0.3) is 0 Å². The number of nitrogens with one attached hydrogen (secondary N) is 1. The van der Waals surface area contributed by atoms with E-state index in [1.165, 1.54) is 29.8 Å². The second-order valence-electron chi connectivity index (χ2n) is 5.06. The number of sulfonamides is 1. The molecule has 3 rings (SSSR count). The van der Waals surface area contributed by atoms with Crippen molar-refractivity contribution in [2.45, 2.75) is 17.4 Å². The molecule has 6 nitrogen and oxygen atoms in total. The first-order valence-corrected chi connectivity index (χ1v) is 8.20. The van der Waals surface area contributed by atoms with E-state index in [1.54, 1.807) is 18.2 Å². The Morgan fingerprint density at radius 1 is 1.32 bits per heavy atom. The highest BCUT2D eigenvalue weighted by Gasteiger charge is 2.28. The number of nitrogens with zero attached hydrogens (tertiary/aromatic N) is 2. The maximum absolute atomic E-state index is 12.7. The van der Waals surface area contributed by atoms with Crippen LogP contribution in [0.3, 0.4) is 0 Å². The first-order chi connectivity index (χ1) is 10.5. The van der Waals surface area contributed by atoms with Crippen molar-refractivity contribution >= 4 is 27.7 Å². The van der Waals surface area contributed by atoms with Gasteiger partial charge in [-0.05, 0) is 23.8 Å². The van der Waals surface area contributed by atoms with Gasteiger partial charge in [0.2, 0.25) is 0 Å². The molecule has 0 saturated carbocycles. The van der Waals surface area contributed by atoms with Crippen molar-refractivity contribution in [3.8, 4) is 0 Å². The van der Waals surface area contributed by atoms with E-state index in [0.29, 0.717) is 17.8 Å². The fourth-order valence-electron chi connectivity index (χ4n) is 2.53. The molecule has 1 N–H and O–H groups in total. The molecule has 0 radical (unpaired) electrons. The number of carbonyl (C=O) groups excluding carboxylic acids is 1. The minimum absolute atomic E-state index is 0.125. The zero-order valence-electron chi connectivity index (χ0n) is 11.9. The third kappa shape index (κ3) is 2.33. The molecule has 0 saturated heterocycles. The summed E-state index contributed by atoms with van der Waals surface area (Å²) in [5.41, 5.74) is 2.14. The first-order valence-electron chi connectivity index (χ1n) is 6.76. The van der Waals surface area contributed by atoms with E-state index in [9.17, 15) is 13.2 Å². The van der Waals surface area contributed by atoms with Gasteiger partial charge in [-0.2, -0.15) is 0 Å². The predicted molar refractivity (Wildman–Crippen MR) is 83.4 cm³/mol. The van der Waals surface area contributed by atoms with E-state index in [-0.39, 0.29) is 10.9 Å². The van der Waals surface area contributed by atoms with Crippen molar-refractivity contribution in [2.75, 3.05) is 16.7 Å². The predicted octanol–water partition coefficient (Wildman–Crippen LogP) is 1.44. The van der Waals surface area contributed by atoms with Crippen LogP contribution in [0.4, 0.5) is 11.4 Å². The molecule has 2 heterocycles. The Balaban J connectivity index is 2.03. The van der Waals surface area contributed by atoms with Gasteiger partial charge >= 0.3 is 0 Å². The Kier molecular flexibility index (Phi) is 3.58. The minimum Gasteiger partial charge on any atom is -0.373 e. The zero-order valence-corrected chi connectivity index (χ0v) is 12.7. The number of fused-ring (bicyclic) bond motifs is 1. The van der Waals surface area contributed by atoms with Crippen LogP contribution in [0.2, 0.25) is 0 Å². The van der Waals surface area contributed by atoms with Gasteiger partial charge in [0, 0.05) is 25.9 Å². The topological polar surface area (TPSA) is 79.4 Å². The van der Waals surface area contributed by atoms with Gasteiger partial charge in [0.25, 0.3) is 10.0 Å². The number of hydrogen-bond donors (Lipinski definition) is 1. The molecule has 0 aliphatic carbocycles. The summed E-state index contributed by atoms with van der Waals surface area (Å²) in [6.07, 6.45) is 4.24. The lowest BCUT2D eigenvalue weighted by molar-refractivity contribution is -0.108. The average Bonchev–Trinajstić information content (AvgIpc) is 2.98. The fraction of sp³-hybridized carbons (Fsp3) is 0.200. The first kappa shape index (κ1) is 14.5. The van der Waals surface area contributed by atoms with Crippen LogP contribution in [-0.2, 0) is 21.2 Å². The van der Waals surface area contributed by atoms with Gasteiger partial charge in [0.15, 0.2) is 0 Å². The summed E-state index contributed by atoms with van der Waals surface area (Å²) in [5.74, 6) is 0. The highest BCUT2D eigenvalue weighted by Crippen LogP contribution is 2.36. The monoisotopic (exact) mass is 317 g/mol. The molecule has 1 aromatic carbocycles. The summed E-state index contributed by atoms with van der Waals surface area (Å²) >= 11 is 0. The van der Waals surface area contributed by atoms with Crippen molar-refractivity contribution in [3.63, 3.8) is 0 Å². The van der Waals surface area contributed by atoms with Gasteiger partial charge in [0.05, 0.1) is 17.4 Å². The number of hydrogen-bond acceptors (Lipinski definition) is 5. The quantitative estimate of drug-likeness (QED) is 0.863. The maximum Gasteiger partial charge on any atom is 0.265 e. The number of benzene rings is 1. The van der Waals surface area contributed by atoms with Crippen molar-refractivity contribution in [3.05, 3.63) is 48.3 Å². The minimum atomic E-state index is -3.70. The molecule has 2 aromatic rings. The zero-order chi connectivity index (χ0) is 15.7. The second kappa shape index (κ2) is 5.42. The number of aromatic nitrogens is 1. The van der Waals surface area contributed by atoms with Gasteiger partial charge < -0.3 is 10.1 Å². The molecule has 0 spiro atoms. The van der Waals surface area contributed by atoms with Gasteiger partial charge in [-0.15, -0.1) is 0 Å². The van der Waals surface area contributed by atoms with Gasteiger partial charge in [0.1, 0.15) is 11.2 Å². The SMILES string of the molecule is CN(c1cccc2c1NC(C=O)C2)S(=O)(=O)c1cccnc1. The summed E-state index contributed by atoms with van der Waals surface area (Å²) in [6, 6.07) is 8.16. The van der Waals surface area contributed by atoms with Gasteiger partial charge in [-0.3, -0.25) is 9.29 Å². The molecule has 22 heavy (non-hydrogen) atoms. The molecular formula is C15H15N3O3S. The maximum atomic E-state index is 12.7. The van der Waals surface area contributed by atoms with Crippen LogP contribution in [0.15, 0.2) is 47.6 Å². The Hall–Kier alpha value is -2.41. The molecular weight excluding hydrogens is 302 g/mol. The highest BCUT2D eigenvalue weighted by molar-refractivity contribution is 7.92. The normalized spacial score (nSPS) is 16.7. The fourth-order valence-corrected chi connectivity index (χ4v) is 3.70. The van der Waals surface area contributed by atoms with E-state index in [4.69, 9.17) is 0 Å². The number of pyridine rings is 1. The van der Waals surface area contributed by atoms with Crippen molar-refractivity contribution in [2.24, 2.45) is 0 Å². The Labute approximate surface area is 128 Å². The average molecular weight is 317 g/mol. The molecule has 1 atom stereocenters. The second-order valence-corrected chi connectivity index (χ2v) is 7.03. The third-order valence-electron chi connectivity index (χ3n) is 3.69. The van der Waals surface area contributed by atoms with Crippen LogP contribution in [0.5, 0.6) is 0 Å². The summed E-state index contributed by atoms with van der Waals surface area (Å²) in [5, 5.41) is 3.07. The third-order valence-corrected chi connectivity index (χ3v) is 5.45. The van der Waals surface area contributed by atoms with E-state index in [2.05, 4.69) is 10.3 Å². The lowest BCUT2D eigenvalue weighted by Gasteiger charge is -2.22. The van der Waals surface area contributed by atoms with E-state index < -0.39 is 10.0 Å². The molecule has 1 aromatic heterocycles. The molecule has 0 fully saturated rings. The molecule has 114 valence electrons. The standard InChI is InChI=1S/C15H15N3O3S/c1-18(22(20,21)13-5-3-7-16-9-13)14-6-2-4-11-8-12(10-19)17-15(11)14/h2-7,9-10,12,17H,8H2,1H3. The van der Waals surface area contributed by atoms with Crippen LogP contribution < -0.4 is 9.62 Å². The number of anilines is 2. The molecule has 0 amide bonds. The van der Waals surface area contributed by atoms with Crippen LogP contribution in [0.1, 0.15) is 5.56 Å². The smallest absolute Gasteiger partial charge is 0.265 e. The Bertz CT molecular complexity index is 806. The number of rotatable bonds is 4. The van der Waals surface area contributed by atoms with Gasteiger partial charge in [-0.1, -0.05) is 12.1 Å². The Morgan fingerprint density at radius 3 is 2.82 bits per heavy atom. The molecule has 1 aliphatic heterocycles. The number of aldehydes is 1. The number of para-hydroxylation sites is 1. The lowest BCUT2D eigenvalue weighted by Crippen LogP contribution is -2.27. The molecule has 1 aliphatic rings. The van der Waals surface area contributed by atoms with Crippen molar-refractivity contribution in [1.29, 1.82) is 0 Å². The van der Waals surface area contributed by atoms with Crippen LogP contribution in [-0.4, -0.2) is 32.8 Å². The largest absolute Gasteiger partial charge is 0.373 e. The summed E-state index contributed by atoms with van der Waals surface area (Å²) in [4.78, 5) is 15.0. The molecule has 7 heteroatoms. The van der Waals surface area contributed by atoms with Crippen molar-refractivity contribution < 1.29 is 13.2 Å². The van der Waals surface area contributed by atoms with Crippen LogP contribution in [0, 0.1) is 0 Å². The highest BCUT2D eigenvalue weighted by atomic mass is 32.2. The Morgan fingerprint density at radius 2 is 2.14 bits per heavy atom. The van der Waals surface area contributed by atoms with E-state index >= 15 is 0 Å². The van der Waals surface area contributed by atoms with Gasteiger partial charge in [-0.25, -0.2) is 8.42 Å².